The second kappa shape index (κ2) is 6.53. The number of nitrogens with one attached hydrogen (secondary N) is 1. The number of thiophene rings is 1. The summed E-state index contributed by atoms with van der Waals surface area (Å²) in [5, 5.41) is 6.52. The molecule has 1 heterocycles. The highest BCUT2D eigenvalue weighted by molar-refractivity contribution is 7.08. The van der Waals surface area contributed by atoms with E-state index in [-0.39, 0.29) is 23.7 Å². The fraction of sp³-hybridized carbons (Fsp3) is 0.625. The highest BCUT2D eigenvalue weighted by Crippen LogP contribution is 2.38. The van der Waals surface area contributed by atoms with E-state index in [0.29, 0.717) is 11.5 Å². The molecule has 20 heavy (non-hydrogen) atoms. The Morgan fingerprint density at radius 3 is 2.60 bits per heavy atom. The van der Waals surface area contributed by atoms with Crippen LogP contribution in [0.2, 0.25) is 0 Å². The van der Waals surface area contributed by atoms with Gasteiger partial charge in [-0.05, 0) is 30.2 Å². The van der Waals surface area contributed by atoms with Crippen molar-refractivity contribution in [2.45, 2.75) is 46.0 Å². The van der Waals surface area contributed by atoms with E-state index in [4.69, 9.17) is 0 Å². The molecule has 3 nitrogen and oxygen atoms in total. The Morgan fingerprint density at radius 2 is 2.00 bits per heavy atom. The average Bonchev–Trinajstić information content (AvgIpc) is 2.99. The van der Waals surface area contributed by atoms with Crippen LogP contribution < -0.4 is 5.32 Å². The van der Waals surface area contributed by atoms with Crippen molar-refractivity contribution in [3.05, 3.63) is 22.4 Å². The number of ketones is 1. The van der Waals surface area contributed by atoms with Gasteiger partial charge in [0.05, 0.1) is 6.54 Å². The number of Topliss-reactive ketones (excluding diaryl/α,β-unsaturated/α-hetero) is 1. The van der Waals surface area contributed by atoms with E-state index in [1.165, 1.54) is 30.6 Å². The standard InChI is InChI=1S/C16H23NO2S/c1-16(2,13-6-4-3-5-7-13)15(19)17-10-14(18)12-8-9-20-11-12/h8-9,11,13H,3-7,10H2,1-2H3,(H,17,19). The molecule has 2 rings (SSSR count). The third kappa shape index (κ3) is 3.48. The number of amides is 1. The molecule has 1 fully saturated rings. The summed E-state index contributed by atoms with van der Waals surface area (Å²) in [7, 11) is 0. The summed E-state index contributed by atoms with van der Waals surface area (Å²) in [5.74, 6) is 0.430. The van der Waals surface area contributed by atoms with Gasteiger partial charge < -0.3 is 5.32 Å². The van der Waals surface area contributed by atoms with Crippen molar-refractivity contribution in [1.82, 2.24) is 5.32 Å². The first kappa shape index (κ1) is 15.2. The molecule has 1 saturated carbocycles. The van der Waals surface area contributed by atoms with Crippen molar-refractivity contribution >= 4 is 23.0 Å². The number of carbonyl (C=O) groups excluding carboxylic acids is 2. The van der Waals surface area contributed by atoms with E-state index in [0.717, 1.165) is 12.8 Å². The molecule has 0 bridgehead atoms. The molecule has 110 valence electrons. The normalized spacial score (nSPS) is 16.9. The highest BCUT2D eigenvalue weighted by atomic mass is 32.1. The average molecular weight is 293 g/mol. The molecule has 0 aliphatic heterocycles. The summed E-state index contributed by atoms with van der Waals surface area (Å²) in [6.07, 6.45) is 5.97. The molecule has 1 aliphatic carbocycles. The quantitative estimate of drug-likeness (QED) is 0.842. The minimum absolute atomic E-state index is 0.00739. The molecule has 0 unspecified atom stereocenters. The Labute approximate surface area is 124 Å². The molecule has 0 saturated heterocycles. The first-order valence-corrected chi connectivity index (χ1v) is 8.30. The van der Waals surface area contributed by atoms with Crippen molar-refractivity contribution in [2.75, 3.05) is 6.54 Å². The molecule has 1 aliphatic rings. The van der Waals surface area contributed by atoms with Crippen LogP contribution in [0.4, 0.5) is 0 Å². The van der Waals surface area contributed by atoms with Crippen LogP contribution in [0.1, 0.15) is 56.3 Å². The topological polar surface area (TPSA) is 46.2 Å². The van der Waals surface area contributed by atoms with Gasteiger partial charge in [0, 0.05) is 16.4 Å². The van der Waals surface area contributed by atoms with Gasteiger partial charge >= 0.3 is 0 Å². The third-order valence-electron chi connectivity index (χ3n) is 4.46. The van der Waals surface area contributed by atoms with E-state index in [1.807, 2.05) is 24.6 Å². The van der Waals surface area contributed by atoms with E-state index >= 15 is 0 Å². The maximum Gasteiger partial charge on any atom is 0.226 e. The molecule has 0 aromatic carbocycles. The predicted octanol–water partition coefficient (Wildman–Crippen LogP) is 3.65. The monoisotopic (exact) mass is 293 g/mol. The summed E-state index contributed by atoms with van der Waals surface area (Å²) in [6.45, 7) is 4.12. The SMILES string of the molecule is CC(C)(C(=O)NCC(=O)c1ccsc1)C1CCCCC1. The van der Waals surface area contributed by atoms with E-state index in [2.05, 4.69) is 5.32 Å². The molecule has 0 spiro atoms. The van der Waals surface area contributed by atoms with Crippen molar-refractivity contribution in [3.63, 3.8) is 0 Å². The maximum atomic E-state index is 12.4. The summed E-state index contributed by atoms with van der Waals surface area (Å²) in [6, 6.07) is 1.80. The van der Waals surface area contributed by atoms with Gasteiger partial charge in [-0.3, -0.25) is 9.59 Å². The molecule has 1 aromatic heterocycles. The Morgan fingerprint density at radius 1 is 1.30 bits per heavy atom. The lowest BCUT2D eigenvalue weighted by molar-refractivity contribution is -0.132. The molecule has 0 atom stereocenters. The molecule has 1 N–H and O–H groups in total. The van der Waals surface area contributed by atoms with Crippen LogP contribution in [0, 0.1) is 11.3 Å². The van der Waals surface area contributed by atoms with Gasteiger partial charge in [0.15, 0.2) is 5.78 Å². The van der Waals surface area contributed by atoms with Gasteiger partial charge in [0.1, 0.15) is 0 Å². The second-order valence-electron chi connectivity index (χ2n) is 6.17. The lowest BCUT2D eigenvalue weighted by Gasteiger charge is -2.35. The van der Waals surface area contributed by atoms with Crippen LogP contribution >= 0.6 is 11.3 Å². The Kier molecular flexibility index (Phi) is 4.97. The zero-order valence-electron chi connectivity index (χ0n) is 12.3. The highest BCUT2D eigenvalue weighted by Gasteiger charge is 2.37. The van der Waals surface area contributed by atoms with Gasteiger partial charge in [-0.15, -0.1) is 0 Å². The predicted molar refractivity (Wildman–Crippen MR) is 82.0 cm³/mol. The van der Waals surface area contributed by atoms with Gasteiger partial charge in [-0.1, -0.05) is 33.1 Å². The summed E-state index contributed by atoms with van der Waals surface area (Å²) in [4.78, 5) is 24.3. The van der Waals surface area contributed by atoms with Crippen LogP contribution in [0.3, 0.4) is 0 Å². The van der Waals surface area contributed by atoms with Gasteiger partial charge in [-0.25, -0.2) is 0 Å². The van der Waals surface area contributed by atoms with E-state index < -0.39 is 0 Å². The molecular weight excluding hydrogens is 270 g/mol. The maximum absolute atomic E-state index is 12.4. The zero-order valence-corrected chi connectivity index (χ0v) is 13.1. The number of hydrogen-bond donors (Lipinski definition) is 1. The first-order valence-electron chi connectivity index (χ1n) is 7.35. The largest absolute Gasteiger partial charge is 0.348 e. The van der Waals surface area contributed by atoms with E-state index in [1.54, 1.807) is 6.07 Å². The third-order valence-corrected chi connectivity index (χ3v) is 5.15. The van der Waals surface area contributed by atoms with Crippen molar-refractivity contribution in [1.29, 1.82) is 0 Å². The molecule has 1 amide bonds. The minimum Gasteiger partial charge on any atom is -0.348 e. The minimum atomic E-state index is -0.380. The number of carbonyl (C=O) groups is 2. The van der Waals surface area contributed by atoms with Crippen molar-refractivity contribution in [3.8, 4) is 0 Å². The van der Waals surface area contributed by atoms with Crippen molar-refractivity contribution < 1.29 is 9.59 Å². The van der Waals surface area contributed by atoms with Crippen LogP contribution in [0.5, 0.6) is 0 Å². The van der Waals surface area contributed by atoms with Crippen LogP contribution in [-0.2, 0) is 4.79 Å². The molecule has 1 aromatic rings. The Balaban J connectivity index is 1.88. The number of hydrogen-bond acceptors (Lipinski definition) is 3. The van der Waals surface area contributed by atoms with Crippen LogP contribution in [-0.4, -0.2) is 18.2 Å². The summed E-state index contributed by atoms with van der Waals surface area (Å²) >= 11 is 1.50. The molecule has 4 heteroatoms. The lowest BCUT2D eigenvalue weighted by Crippen LogP contribution is -2.44. The summed E-state index contributed by atoms with van der Waals surface area (Å²) in [5.41, 5.74) is 0.306. The molecule has 0 radical (unpaired) electrons. The number of rotatable bonds is 5. The zero-order chi connectivity index (χ0) is 14.6. The molecular formula is C16H23NO2S. The van der Waals surface area contributed by atoms with Gasteiger partial charge in [0.25, 0.3) is 0 Å². The second-order valence-corrected chi connectivity index (χ2v) is 6.95. The van der Waals surface area contributed by atoms with Gasteiger partial charge in [0.2, 0.25) is 5.91 Å². The van der Waals surface area contributed by atoms with E-state index in [9.17, 15) is 9.59 Å². The lowest BCUT2D eigenvalue weighted by atomic mass is 9.70. The van der Waals surface area contributed by atoms with Crippen LogP contribution in [0.25, 0.3) is 0 Å². The summed E-state index contributed by atoms with van der Waals surface area (Å²) < 4.78 is 0. The van der Waals surface area contributed by atoms with Gasteiger partial charge in [-0.2, -0.15) is 11.3 Å². The first-order chi connectivity index (χ1) is 9.51. The van der Waals surface area contributed by atoms with Crippen molar-refractivity contribution in [2.24, 2.45) is 11.3 Å². The Bertz CT molecular complexity index is 459. The smallest absolute Gasteiger partial charge is 0.226 e. The Hall–Kier alpha value is -1.16. The van der Waals surface area contributed by atoms with Crippen LogP contribution in [0.15, 0.2) is 16.8 Å². The fourth-order valence-corrected chi connectivity index (χ4v) is 3.58. The fourth-order valence-electron chi connectivity index (χ4n) is 2.92.